The largest absolute Gasteiger partial charge is 0.450 e. The number of hydrogen-bond acceptors (Lipinski definition) is 5. The molecule has 0 atom stereocenters. The quantitative estimate of drug-likeness (QED) is 0.357. The average Bonchev–Trinajstić information content (AvgIpc) is 1.98. The van der Waals surface area contributed by atoms with Gasteiger partial charge in [-0.05, 0) is 6.92 Å². The topological polar surface area (TPSA) is 69.7 Å². The van der Waals surface area contributed by atoms with Gasteiger partial charge < -0.3 is 9.47 Å². The van der Waals surface area contributed by atoms with Crippen molar-refractivity contribution in [2.75, 3.05) is 6.61 Å². The molecule has 72 valence electrons. The summed E-state index contributed by atoms with van der Waals surface area (Å²) in [7, 11) is 0. The molecule has 0 aromatic carbocycles. The molecule has 0 saturated heterocycles. The fourth-order valence-corrected chi connectivity index (χ4v) is 0.437. The summed E-state index contributed by atoms with van der Waals surface area (Å²) in [6.45, 7) is 5.25. The van der Waals surface area contributed by atoms with Crippen LogP contribution in [-0.2, 0) is 23.9 Å². The average molecular weight is 186 g/mol. The van der Waals surface area contributed by atoms with Crippen molar-refractivity contribution in [1.82, 2.24) is 0 Å². The summed E-state index contributed by atoms with van der Waals surface area (Å²) in [6, 6.07) is 0. The van der Waals surface area contributed by atoms with E-state index in [-0.39, 0.29) is 5.57 Å². The van der Waals surface area contributed by atoms with Crippen LogP contribution >= 0.6 is 0 Å². The number of ether oxygens (including phenoxy) is 2. The molecule has 13 heavy (non-hydrogen) atoms. The first-order valence-electron chi connectivity index (χ1n) is 3.47. The first-order valence-corrected chi connectivity index (χ1v) is 3.47. The molecule has 0 spiro atoms. The zero-order valence-corrected chi connectivity index (χ0v) is 7.46. The van der Waals surface area contributed by atoms with Gasteiger partial charge in [0.05, 0.1) is 0 Å². The van der Waals surface area contributed by atoms with Gasteiger partial charge in [-0.25, -0.2) is 9.59 Å². The summed E-state index contributed by atoms with van der Waals surface area (Å²) in [6.07, 6.45) is 0. The molecular weight excluding hydrogens is 176 g/mol. The van der Waals surface area contributed by atoms with Gasteiger partial charge in [0.25, 0.3) is 0 Å². The molecule has 0 N–H and O–H groups in total. The normalized spacial score (nSPS) is 8.77. The Morgan fingerprint density at radius 1 is 1.23 bits per heavy atom. The van der Waals surface area contributed by atoms with Crippen LogP contribution in [0.3, 0.4) is 0 Å². The van der Waals surface area contributed by atoms with Crippen molar-refractivity contribution < 1.29 is 23.9 Å². The SMILES string of the molecule is C=C(C)C(=O)OCC(=O)OC(C)=O. The number of carbonyl (C=O) groups excluding carboxylic acids is 3. The van der Waals surface area contributed by atoms with Gasteiger partial charge in [-0.15, -0.1) is 0 Å². The Labute approximate surface area is 75.3 Å². The van der Waals surface area contributed by atoms with Gasteiger partial charge in [-0.3, -0.25) is 4.79 Å². The van der Waals surface area contributed by atoms with Crippen LogP contribution in [0.2, 0.25) is 0 Å². The molecule has 0 aliphatic heterocycles. The Hall–Kier alpha value is -1.65. The van der Waals surface area contributed by atoms with Crippen LogP contribution in [0.4, 0.5) is 0 Å². The van der Waals surface area contributed by atoms with Crippen LogP contribution in [0.15, 0.2) is 12.2 Å². The summed E-state index contributed by atoms with van der Waals surface area (Å²) in [4.78, 5) is 31.6. The lowest BCUT2D eigenvalue weighted by Gasteiger charge is -2.02. The van der Waals surface area contributed by atoms with Crippen molar-refractivity contribution in [2.24, 2.45) is 0 Å². The van der Waals surface area contributed by atoms with E-state index >= 15 is 0 Å². The second kappa shape index (κ2) is 5.08. The highest BCUT2D eigenvalue weighted by atomic mass is 16.6. The second-order valence-corrected chi connectivity index (χ2v) is 2.32. The van der Waals surface area contributed by atoms with Crippen molar-refractivity contribution in [3.63, 3.8) is 0 Å². The third kappa shape index (κ3) is 5.60. The van der Waals surface area contributed by atoms with E-state index in [1.54, 1.807) is 0 Å². The van der Waals surface area contributed by atoms with Crippen LogP contribution in [0.5, 0.6) is 0 Å². The Bertz CT molecular complexity index is 253. The molecule has 0 aliphatic carbocycles. The molecule has 0 saturated carbocycles. The minimum atomic E-state index is -0.901. The zero-order chi connectivity index (χ0) is 10.4. The minimum Gasteiger partial charge on any atom is -0.450 e. The first-order chi connectivity index (χ1) is 5.93. The van der Waals surface area contributed by atoms with E-state index in [0.29, 0.717) is 0 Å². The Kier molecular flexibility index (Phi) is 4.43. The van der Waals surface area contributed by atoms with E-state index in [1.807, 2.05) is 0 Å². The maximum absolute atomic E-state index is 10.7. The second-order valence-electron chi connectivity index (χ2n) is 2.32. The van der Waals surface area contributed by atoms with Gasteiger partial charge in [0.1, 0.15) is 0 Å². The van der Waals surface area contributed by atoms with Gasteiger partial charge in [0.2, 0.25) is 0 Å². The maximum Gasteiger partial charge on any atom is 0.351 e. The van der Waals surface area contributed by atoms with Crippen LogP contribution in [0, 0.1) is 0 Å². The summed E-state index contributed by atoms with van der Waals surface area (Å²) < 4.78 is 8.50. The first kappa shape index (κ1) is 11.4. The molecule has 0 aromatic rings. The summed E-state index contributed by atoms with van der Waals surface area (Å²) in [5.74, 6) is -2.33. The van der Waals surface area contributed by atoms with Crippen molar-refractivity contribution in [3.8, 4) is 0 Å². The van der Waals surface area contributed by atoms with Crippen LogP contribution in [0.1, 0.15) is 13.8 Å². The van der Waals surface area contributed by atoms with Crippen molar-refractivity contribution in [2.45, 2.75) is 13.8 Å². The molecular formula is C8H10O5. The van der Waals surface area contributed by atoms with Crippen molar-refractivity contribution >= 4 is 17.9 Å². The van der Waals surface area contributed by atoms with Crippen LogP contribution in [0.25, 0.3) is 0 Å². The molecule has 0 fully saturated rings. The minimum absolute atomic E-state index is 0.177. The third-order valence-corrected chi connectivity index (χ3v) is 0.927. The predicted octanol–water partition coefficient (Wildman–Crippen LogP) is 0.195. The lowest BCUT2D eigenvalue weighted by atomic mass is 10.4. The third-order valence-electron chi connectivity index (χ3n) is 0.927. The molecule has 0 aliphatic rings. The summed E-state index contributed by atoms with van der Waals surface area (Å²) in [5, 5.41) is 0. The monoisotopic (exact) mass is 186 g/mol. The van der Waals surface area contributed by atoms with Gasteiger partial charge >= 0.3 is 17.9 Å². The molecule has 0 rings (SSSR count). The Morgan fingerprint density at radius 3 is 2.15 bits per heavy atom. The number of esters is 3. The van der Waals surface area contributed by atoms with Crippen LogP contribution < -0.4 is 0 Å². The molecule has 0 radical (unpaired) electrons. The van der Waals surface area contributed by atoms with Gasteiger partial charge in [0.15, 0.2) is 6.61 Å². The molecule has 5 heteroatoms. The number of rotatable bonds is 3. The summed E-state index contributed by atoms with van der Waals surface area (Å²) in [5.41, 5.74) is 0.177. The molecule has 0 heterocycles. The smallest absolute Gasteiger partial charge is 0.351 e. The summed E-state index contributed by atoms with van der Waals surface area (Å²) >= 11 is 0. The fraction of sp³-hybridized carbons (Fsp3) is 0.375. The van der Waals surface area contributed by atoms with Crippen molar-refractivity contribution in [3.05, 3.63) is 12.2 Å². The highest BCUT2D eigenvalue weighted by Gasteiger charge is 2.10. The standard InChI is InChI=1S/C8H10O5/c1-5(2)8(11)12-4-7(10)13-6(3)9/h1,4H2,2-3H3. The van der Waals surface area contributed by atoms with Crippen molar-refractivity contribution in [1.29, 1.82) is 0 Å². The van der Waals surface area contributed by atoms with E-state index in [1.165, 1.54) is 6.92 Å². The molecule has 0 aromatic heterocycles. The molecule has 0 amide bonds. The van der Waals surface area contributed by atoms with E-state index < -0.39 is 24.5 Å². The highest BCUT2D eigenvalue weighted by molar-refractivity contribution is 5.90. The van der Waals surface area contributed by atoms with Gasteiger partial charge in [-0.2, -0.15) is 0 Å². The Morgan fingerprint density at radius 2 is 1.77 bits per heavy atom. The number of carbonyl (C=O) groups is 3. The fourth-order valence-electron chi connectivity index (χ4n) is 0.437. The van der Waals surface area contributed by atoms with E-state index in [9.17, 15) is 14.4 Å². The van der Waals surface area contributed by atoms with E-state index in [2.05, 4.69) is 16.1 Å². The maximum atomic E-state index is 10.7. The lowest BCUT2D eigenvalue weighted by Crippen LogP contribution is -2.18. The lowest BCUT2D eigenvalue weighted by molar-refractivity contribution is -0.164. The molecule has 0 unspecified atom stereocenters. The van der Waals surface area contributed by atoms with Crippen LogP contribution in [-0.4, -0.2) is 24.5 Å². The van der Waals surface area contributed by atoms with Gasteiger partial charge in [0, 0.05) is 12.5 Å². The van der Waals surface area contributed by atoms with E-state index in [0.717, 1.165) is 6.92 Å². The molecule has 5 nitrogen and oxygen atoms in total. The number of hydrogen-bond donors (Lipinski definition) is 0. The van der Waals surface area contributed by atoms with E-state index in [4.69, 9.17) is 0 Å². The highest BCUT2D eigenvalue weighted by Crippen LogP contribution is 1.92. The Balaban J connectivity index is 3.77. The predicted molar refractivity (Wildman–Crippen MR) is 42.5 cm³/mol. The molecule has 0 bridgehead atoms. The zero-order valence-electron chi connectivity index (χ0n) is 7.46. The van der Waals surface area contributed by atoms with Gasteiger partial charge in [-0.1, -0.05) is 6.58 Å².